The summed E-state index contributed by atoms with van der Waals surface area (Å²) in [6.45, 7) is 0. The molecule has 0 spiro atoms. The number of halogens is 2. The van der Waals surface area contributed by atoms with Gasteiger partial charge in [0.2, 0.25) is 0 Å². The van der Waals surface area contributed by atoms with Gasteiger partial charge in [-0.05, 0) is 56.8 Å². The molecule has 0 saturated carbocycles. The van der Waals surface area contributed by atoms with Crippen LogP contribution >= 0.6 is 23.2 Å². The van der Waals surface area contributed by atoms with E-state index in [1.165, 1.54) is 21.5 Å². The standard InChI is InChI=1S/2C15H10N.C11H8N.C2H4Cl2.Ir/c2*1-2-7-13(8-3-1)15-14-9-5-4-6-12(14)10-11-16-15;1-2-6-10(7-3-1)11-8-4-5-9-12-11;3-1-2-4;/h2*1-7,9-11H;1-6,8-9H;1-2H2;/q3*-1;;+3. The average molecular weight is 854 g/mol. The molecule has 0 aliphatic carbocycles. The average Bonchev–Trinajstić information content (AvgIpc) is 3.19. The zero-order valence-electron chi connectivity index (χ0n) is 26.5. The van der Waals surface area contributed by atoms with Crippen LogP contribution < -0.4 is 0 Å². The minimum Gasteiger partial charge on any atom is -0.305 e. The molecule has 0 amide bonds. The molecule has 6 heteroatoms. The van der Waals surface area contributed by atoms with Gasteiger partial charge in [0.1, 0.15) is 0 Å². The predicted octanol–water partition coefficient (Wildman–Crippen LogP) is 11.4. The molecular weight excluding hydrogens is 822 g/mol. The Bertz CT molecular complexity index is 1930. The van der Waals surface area contributed by atoms with Crippen LogP contribution in [0, 0.1) is 18.2 Å². The minimum atomic E-state index is 0. The van der Waals surface area contributed by atoms with E-state index in [1.54, 1.807) is 6.20 Å². The molecule has 242 valence electrons. The summed E-state index contributed by atoms with van der Waals surface area (Å²) < 4.78 is 0. The van der Waals surface area contributed by atoms with Crippen molar-refractivity contribution in [1.82, 2.24) is 15.0 Å². The number of fused-ring (bicyclic) bond motifs is 2. The second kappa shape index (κ2) is 20.6. The van der Waals surface area contributed by atoms with Crippen LogP contribution in [0.25, 0.3) is 55.3 Å². The second-order valence-electron chi connectivity index (χ2n) is 10.2. The van der Waals surface area contributed by atoms with Gasteiger partial charge in [0.15, 0.2) is 0 Å². The summed E-state index contributed by atoms with van der Waals surface area (Å²) in [6.07, 6.45) is 5.48. The topological polar surface area (TPSA) is 38.7 Å². The van der Waals surface area contributed by atoms with E-state index < -0.39 is 0 Å². The normalized spacial score (nSPS) is 9.84. The molecule has 3 heterocycles. The van der Waals surface area contributed by atoms with E-state index in [-0.39, 0.29) is 20.1 Å². The van der Waals surface area contributed by atoms with Gasteiger partial charge in [0.25, 0.3) is 0 Å². The van der Waals surface area contributed by atoms with Crippen LogP contribution in [0.1, 0.15) is 0 Å². The van der Waals surface area contributed by atoms with Crippen LogP contribution in [0.2, 0.25) is 0 Å². The second-order valence-corrected chi connectivity index (χ2v) is 10.9. The summed E-state index contributed by atoms with van der Waals surface area (Å²) in [5.74, 6) is 1.11. The zero-order valence-corrected chi connectivity index (χ0v) is 30.4. The van der Waals surface area contributed by atoms with Crippen molar-refractivity contribution >= 4 is 44.7 Å². The summed E-state index contributed by atoms with van der Waals surface area (Å²) in [7, 11) is 0. The van der Waals surface area contributed by atoms with Gasteiger partial charge in [0.05, 0.1) is 0 Å². The Kier molecular flexibility index (Phi) is 15.6. The van der Waals surface area contributed by atoms with E-state index >= 15 is 0 Å². The summed E-state index contributed by atoms with van der Waals surface area (Å²) in [6, 6.07) is 59.7. The van der Waals surface area contributed by atoms with Crippen LogP contribution in [0.15, 0.2) is 170 Å². The van der Waals surface area contributed by atoms with Crippen molar-refractivity contribution in [2.75, 3.05) is 11.8 Å². The molecule has 8 rings (SSSR count). The Hall–Kier alpha value is -4.70. The predicted molar refractivity (Wildman–Crippen MR) is 202 cm³/mol. The first-order chi connectivity index (χ1) is 23.8. The number of pyridine rings is 3. The molecule has 3 nitrogen and oxygen atoms in total. The van der Waals surface area contributed by atoms with Gasteiger partial charge in [0, 0.05) is 30.4 Å². The van der Waals surface area contributed by atoms with Crippen molar-refractivity contribution in [3.05, 3.63) is 188 Å². The molecule has 3 aromatic heterocycles. The molecule has 0 fully saturated rings. The van der Waals surface area contributed by atoms with Gasteiger partial charge < -0.3 is 15.0 Å². The third kappa shape index (κ3) is 10.9. The molecular formula is C43H32Cl2IrN3. The number of rotatable bonds is 4. The number of hydrogen-bond acceptors (Lipinski definition) is 3. The van der Waals surface area contributed by atoms with Gasteiger partial charge in [-0.15, -0.1) is 131 Å². The number of hydrogen-bond donors (Lipinski definition) is 0. The molecule has 0 unspecified atom stereocenters. The van der Waals surface area contributed by atoms with Gasteiger partial charge >= 0.3 is 20.1 Å². The Labute approximate surface area is 312 Å². The maximum atomic E-state index is 5.05. The first-order valence-corrected chi connectivity index (χ1v) is 16.5. The summed E-state index contributed by atoms with van der Waals surface area (Å²) in [5.41, 5.74) is 6.09. The van der Waals surface area contributed by atoms with E-state index in [0.29, 0.717) is 11.8 Å². The van der Waals surface area contributed by atoms with Crippen LogP contribution in [0.5, 0.6) is 0 Å². The third-order valence-electron chi connectivity index (χ3n) is 7.00. The maximum Gasteiger partial charge on any atom is 3.00 e. The smallest absolute Gasteiger partial charge is 0.305 e. The van der Waals surface area contributed by atoms with Gasteiger partial charge in [-0.1, -0.05) is 60.7 Å². The van der Waals surface area contributed by atoms with E-state index in [2.05, 4.69) is 57.4 Å². The Morgan fingerprint density at radius 1 is 0.408 bits per heavy atom. The number of nitrogens with zero attached hydrogens (tertiary/aromatic N) is 3. The van der Waals surface area contributed by atoms with E-state index in [0.717, 1.165) is 33.8 Å². The maximum absolute atomic E-state index is 5.05. The Morgan fingerprint density at radius 3 is 1.24 bits per heavy atom. The Balaban J connectivity index is 0.000000157. The third-order valence-corrected chi connectivity index (χ3v) is 7.57. The molecule has 0 aliphatic heterocycles. The molecule has 8 aromatic rings. The van der Waals surface area contributed by atoms with Crippen molar-refractivity contribution in [1.29, 1.82) is 0 Å². The monoisotopic (exact) mass is 853 g/mol. The minimum absolute atomic E-state index is 0. The van der Waals surface area contributed by atoms with Crippen molar-refractivity contribution in [3.63, 3.8) is 0 Å². The van der Waals surface area contributed by atoms with Crippen LogP contribution in [0.4, 0.5) is 0 Å². The summed E-state index contributed by atoms with van der Waals surface area (Å²) in [4.78, 5) is 13.1. The SMILES string of the molecule is ClCCCl.[Ir+3].[c-]1ccccc1-c1ccccn1.[c-]1ccccc1-c1nccc2ccccc12.[c-]1ccccc1-c1nccc2ccccc12. The van der Waals surface area contributed by atoms with Crippen molar-refractivity contribution in [3.8, 4) is 33.8 Å². The fourth-order valence-electron chi connectivity index (χ4n) is 4.82. The Morgan fingerprint density at radius 2 is 0.837 bits per heavy atom. The van der Waals surface area contributed by atoms with E-state index in [1.807, 2.05) is 140 Å². The fraction of sp³-hybridized carbons (Fsp3) is 0.0465. The number of benzene rings is 5. The molecule has 0 atom stereocenters. The molecule has 0 aliphatic rings. The molecule has 0 saturated heterocycles. The van der Waals surface area contributed by atoms with E-state index in [4.69, 9.17) is 23.2 Å². The van der Waals surface area contributed by atoms with Gasteiger partial charge in [-0.2, -0.15) is 0 Å². The molecule has 0 bridgehead atoms. The van der Waals surface area contributed by atoms with Crippen molar-refractivity contribution in [2.45, 2.75) is 0 Å². The first-order valence-electron chi connectivity index (χ1n) is 15.4. The molecule has 49 heavy (non-hydrogen) atoms. The van der Waals surface area contributed by atoms with Crippen molar-refractivity contribution < 1.29 is 20.1 Å². The number of aromatic nitrogens is 3. The van der Waals surface area contributed by atoms with Crippen LogP contribution in [0.3, 0.4) is 0 Å². The molecule has 0 N–H and O–H groups in total. The van der Waals surface area contributed by atoms with Crippen molar-refractivity contribution in [2.24, 2.45) is 0 Å². The van der Waals surface area contributed by atoms with Crippen LogP contribution in [-0.4, -0.2) is 26.7 Å². The molecule has 0 radical (unpaired) electrons. The van der Waals surface area contributed by atoms with Gasteiger partial charge in [-0.25, -0.2) is 0 Å². The quantitative estimate of drug-likeness (QED) is 0.131. The molecule has 5 aromatic carbocycles. The van der Waals surface area contributed by atoms with E-state index in [9.17, 15) is 0 Å². The largest absolute Gasteiger partial charge is 3.00 e. The zero-order chi connectivity index (χ0) is 33.2. The summed E-state index contributed by atoms with van der Waals surface area (Å²) in [5, 5.41) is 4.77. The number of alkyl halides is 2. The first kappa shape index (κ1) is 37.1. The summed E-state index contributed by atoms with van der Waals surface area (Å²) >= 11 is 10.1. The van der Waals surface area contributed by atoms with Gasteiger partial charge in [-0.3, -0.25) is 0 Å². The fourth-order valence-corrected chi connectivity index (χ4v) is 4.82. The van der Waals surface area contributed by atoms with Crippen LogP contribution in [-0.2, 0) is 20.1 Å².